The summed E-state index contributed by atoms with van der Waals surface area (Å²) in [5.74, 6) is 0.646. The highest BCUT2D eigenvalue weighted by atomic mass is 16.5. The first-order chi connectivity index (χ1) is 13.0. The van der Waals surface area contributed by atoms with Gasteiger partial charge in [-0.05, 0) is 41.2 Å². The second-order valence-corrected chi connectivity index (χ2v) is 7.42. The fourth-order valence-corrected chi connectivity index (χ4v) is 3.79. The SMILES string of the molecule is COc1cc2ccccc2cc1C(=O)OCC(=O)NC1CCCC(C)C1C. The number of ether oxygens (including phenoxy) is 2. The molecule has 2 aromatic carbocycles. The molecule has 0 spiro atoms. The van der Waals surface area contributed by atoms with E-state index in [2.05, 4.69) is 19.2 Å². The zero-order valence-electron chi connectivity index (χ0n) is 16.2. The van der Waals surface area contributed by atoms with Crippen molar-refractivity contribution in [3.8, 4) is 5.75 Å². The molecule has 27 heavy (non-hydrogen) atoms. The van der Waals surface area contributed by atoms with E-state index in [4.69, 9.17) is 9.47 Å². The summed E-state index contributed by atoms with van der Waals surface area (Å²) in [6, 6.07) is 11.4. The van der Waals surface area contributed by atoms with Crippen molar-refractivity contribution in [3.05, 3.63) is 42.0 Å². The number of fused-ring (bicyclic) bond motifs is 1. The molecule has 1 N–H and O–H groups in total. The first kappa shape index (κ1) is 19.2. The van der Waals surface area contributed by atoms with E-state index < -0.39 is 5.97 Å². The van der Waals surface area contributed by atoms with E-state index >= 15 is 0 Å². The third kappa shape index (κ3) is 4.41. The maximum atomic E-state index is 12.5. The lowest BCUT2D eigenvalue weighted by Crippen LogP contribution is -2.45. The molecule has 5 heteroatoms. The van der Waals surface area contributed by atoms with E-state index in [1.54, 1.807) is 12.1 Å². The van der Waals surface area contributed by atoms with Gasteiger partial charge in [-0.2, -0.15) is 0 Å². The number of rotatable bonds is 5. The van der Waals surface area contributed by atoms with Crippen LogP contribution < -0.4 is 10.1 Å². The molecule has 3 unspecified atom stereocenters. The summed E-state index contributed by atoms with van der Waals surface area (Å²) in [6.07, 6.45) is 3.29. The fourth-order valence-electron chi connectivity index (χ4n) is 3.79. The molecule has 2 aromatic rings. The largest absolute Gasteiger partial charge is 0.496 e. The monoisotopic (exact) mass is 369 g/mol. The Labute approximate surface area is 160 Å². The number of esters is 1. The van der Waals surface area contributed by atoms with E-state index in [1.165, 1.54) is 13.5 Å². The summed E-state index contributed by atoms with van der Waals surface area (Å²) >= 11 is 0. The molecule has 3 atom stereocenters. The molecule has 1 aliphatic carbocycles. The predicted molar refractivity (Wildman–Crippen MR) is 105 cm³/mol. The molecule has 0 heterocycles. The minimum atomic E-state index is -0.558. The van der Waals surface area contributed by atoms with Crippen molar-refractivity contribution in [1.82, 2.24) is 5.32 Å². The van der Waals surface area contributed by atoms with Gasteiger partial charge in [-0.15, -0.1) is 0 Å². The van der Waals surface area contributed by atoms with Gasteiger partial charge in [0.1, 0.15) is 11.3 Å². The minimum Gasteiger partial charge on any atom is -0.496 e. The molecule has 1 fully saturated rings. The maximum absolute atomic E-state index is 12.5. The van der Waals surface area contributed by atoms with Gasteiger partial charge in [0, 0.05) is 6.04 Å². The Kier molecular flexibility index (Phi) is 5.99. The Morgan fingerprint density at radius 3 is 2.52 bits per heavy atom. The average Bonchev–Trinajstić information content (AvgIpc) is 2.68. The minimum absolute atomic E-state index is 0.148. The smallest absolute Gasteiger partial charge is 0.342 e. The standard InChI is InChI=1S/C22H27NO4/c1-14-7-6-10-19(15(14)2)23-21(24)13-27-22(25)18-11-16-8-4-5-9-17(16)12-20(18)26-3/h4-5,8-9,11-12,14-15,19H,6-7,10,13H2,1-3H3,(H,23,24). The predicted octanol–water partition coefficient (Wildman–Crippen LogP) is 3.95. The molecule has 0 saturated heterocycles. The van der Waals surface area contributed by atoms with E-state index in [1.807, 2.05) is 24.3 Å². The first-order valence-corrected chi connectivity index (χ1v) is 9.53. The van der Waals surface area contributed by atoms with Crippen LogP contribution >= 0.6 is 0 Å². The van der Waals surface area contributed by atoms with Gasteiger partial charge in [0.2, 0.25) is 0 Å². The lowest BCUT2D eigenvalue weighted by atomic mass is 9.78. The van der Waals surface area contributed by atoms with Gasteiger partial charge in [-0.25, -0.2) is 4.79 Å². The molecule has 0 radical (unpaired) electrons. The van der Waals surface area contributed by atoms with Gasteiger partial charge in [0.05, 0.1) is 7.11 Å². The number of benzene rings is 2. The van der Waals surface area contributed by atoms with E-state index in [-0.39, 0.29) is 18.6 Å². The molecule has 3 rings (SSSR count). The van der Waals surface area contributed by atoms with Crippen LogP contribution in [0.1, 0.15) is 43.5 Å². The van der Waals surface area contributed by atoms with Crippen molar-refractivity contribution >= 4 is 22.6 Å². The number of methoxy groups -OCH3 is 1. The van der Waals surface area contributed by atoms with Crippen LogP contribution in [0, 0.1) is 11.8 Å². The Morgan fingerprint density at radius 2 is 1.81 bits per heavy atom. The molecule has 0 aromatic heterocycles. The lowest BCUT2D eigenvalue weighted by Gasteiger charge is -2.34. The second-order valence-electron chi connectivity index (χ2n) is 7.42. The molecular formula is C22H27NO4. The van der Waals surface area contributed by atoms with Gasteiger partial charge in [-0.3, -0.25) is 4.79 Å². The summed E-state index contributed by atoms with van der Waals surface area (Å²) < 4.78 is 10.6. The number of nitrogens with one attached hydrogen (secondary N) is 1. The zero-order valence-corrected chi connectivity index (χ0v) is 16.2. The Balaban J connectivity index is 1.63. The lowest BCUT2D eigenvalue weighted by molar-refractivity contribution is -0.125. The van der Waals surface area contributed by atoms with Crippen LogP contribution in [0.5, 0.6) is 5.75 Å². The molecule has 1 amide bonds. The summed E-state index contributed by atoms with van der Waals surface area (Å²) in [5.41, 5.74) is 0.323. The normalized spacial score (nSPS) is 22.3. The van der Waals surface area contributed by atoms with Gasteiger partial charge in [-0.1, -0.05) is 51.0 Å². The molecule has 1 aliphatic rings. The van der Waals surface area contributed by atoms with Crippen LogP contribution in [-0.4, -0.2) is 31.6 Å². The first-order valence-electron chi connectivity index (χ1n) is 9.53. The average molecular weight is 369 g/mol. The topological polar surface area (TPSA) is 64.6 Å². The molecule has 0 aliphatic heterocycles. The number of hydrogen-bond donors (Lipinski definition) is 1. The van der Waals surface area contributed by atoms with Crippen LogP contribution in [0.2, 0.25) is 0 Å². The second kappa shape index (κ2) is 8.42. The highest BCUT2D eigenvalue weighted by Crippen LogP contribution is 2.29. The fraction of sp³-hybridized carbons (Fsp3) is 0.455. The van der Waals surface area contributed by atoms with E-state index in [0.717, 1.165) is 23.6 Å². The molecule has 1 saturated carbocycles. The van der Waals surface area contributed by atoms with Crippen LogP contribution in [0.25, 0.3) is 10.8 Å². The van der Waals surface area contributed by atoms with Crippen molar-refractivity contribution in [3.63, 3.8) is 0 Å². The molecule has 144 valence electrons. The van der Waals surface area contributed by atoms with Crippen LogP contribution in [-0.2, 0) is 9.53 Å². The number of amides is 1. The third-order valence-corrected chi connectivity index (χ3v) is 5.68. The van der Waals surface area contributed by atoms with E-state index in [0.29, 0.717) is 23.1 Å². The van der Waals surface area contributed by atoms with Crippen LogP contribution in [0.15, 0.2) is 36.4 Å². The summed E-state index contributed by atoms with van der Waals surface area (Å²) in [4.78, 5) is 24.7. The van der Waals surface area contributed by atoms with Crippen molar-refractivity contribution in [1.29, 1.82) is 0 Å². The Bertz CT molecular complexity index is 832. The molecule has 0 bridgehead atoms. The maximum Gasteiger partial charge on any atom is 0.342 e. The van der Waals surface area contributed by atoms with Crippen LogP contribution in [0.4, 0.5) is 0 Å². The third-order valence-electron chi connectivity index (χ3n) is 5.68. The number of hydrogen-bond acceptors (Lipinski definition) is 4. The molecule has 5 nitrogen and oxygen atoms in total. The van der Waals surface area contributed by atoms with Gasteiger partial charge in [0.25, 0.3) is 5.91 Å². The number of carbonyl (C=O) groups excluding carboxylic acids is 2. The van der Waals surface area contributed by atoms with Gasteiger partial charge in [0.15, 0.2) is 6.61 Å². The number of carbonyl (C=O) groups is 2. The Morgan fingerprint density at radius 1 is 1.11 bits per heavy atom. The van der Waals surface area contributed by atoms with Crippen molar-refractivity contribution in [2.24, 2.45) is 11.8 Å². The quantitative estimate of drug-likeness (QED) is 0.811. The van der Waals surface area contributed by atoms with Crippen molar-refractivity contribution in [2.75, 3.05) is 13.7 Å². The summed E-state index contributed by atoms with van der Waals surface area (Å²) in [5, 5.41) is 4.91. The summed E-state index contributed by atoms with van der Waals surface area (Å²) in [7, 11) is 1.51. The zero-order chi connectivity index (χ0) is 19.4. The highest BCUT2D eigenvalue weighted by molar-refractivity contribution is 5.99. The van der Waals surface area contributed by atoms with Crippen molar-refractivity contribution < 1.29 is 19.1 Å². The van der Waals surface area contributed by atoms with Crippen molar-refractivity contribution in [2.45, 2.75) is 39.2 Å². The Hall–Kier alpha value is -2.56. The van der Waals surface area contributed by atoms with Gasteiger partial charge < -0.3 is 14.8 Å². The van der Waals surface area contributed by atoms with Gasteiger partial charge >= 0.3 is 5.97 Å². The van der Waals surface area contributed by atoms with Crippen LogP contribution in [0.3, 0.4) is 0 Å². The summed E-state index contributed by atoms with van der Waals surface area (Å²) in [6.45, 7) is 4.10. The molecular weight excluding hydrogens is 342 g/mol. The highest BCUT2D eigenvalue weighted by Gasteiger charge is 2.28. The van der Waals surface area contributed by atoms with E-state index in [9.17, 15) is 9.59 Å².